The first-order chi connectivity index (χ1) is 10.0. The Hall–Kier alpha value is -2.30. The lowest BCUT2D eigenvalue weighted by molar-refractivity contribution is -0.147. The van der Waals surface area contributed by atoms with Gasteiger partial charge in [0, 0.05) is 5.39 Å². The molecule has 5 heteroatoms. The smallest absolute Gasteiger partial charge is 0.331 e. The summed E-state index contributed by atoms with van der Waals surface area (Å²) in [7, 11) is 1.32. The van der Waals surface area contributed by atoms with Gasteiger partial charge in [-0.2, -0.15) is 0 Å². The third-order valence-corrected chi connectivity index (χ3v) is 3.50. The van der Waals surface area contributed by atoms with Crippen LogP contribution in [-0.2, 0) is 9.53 Å². The summed E-state index contributed by atoms with van der Waals surface area (Å²) >= 11 is 0. The fourth-order valence-electron chi connectivity index (χ4n) is 2.41. The first-order valence-electron chi connectivity index (χ1n) is 6.89. The predicted molar refractivity (Wildman–Crippen MR) is 79.0 cm³/mol. The second-order valence-electron chi connectivity index (χ2n) is 5.17. The number of nitrogens with one attached hydrogen (secondary N) is 1. The van der Waals surface area contributed by atoms with E-state index < -0.39 is 11.5 Å². The van der Waals surface area contributed by atoms with E-state index in [2.05, 4.69) is 5.32 Å². The molecular weight excluding hydrogens is 270 g/mol. The molecule has 112 valence electrons. The number of esters is 1. The van der Waals surface area contributed by atoms with Crippen LogP contribution in [0.1, 0.15) is 37.0 Å². The second-order valence-corrected chi connectivity index (χ2v) is 5.17. The number of para-hydroxylation sites is 1. The number of rotatable bonds is 5. The maximum absolute atomic E-state index is 12.5. The van der Waals surface area contributed by atoms with E-state index in [1.54, 1.807) is 13.0 Å². The number of benzene rings is 1. The molecule has 2 aromatic rings. The summed E-state index contributed by atoms with van der Waals surface area (Å²) in [5.41, 5.74) is 0.00799. The van der Waals surface area contributed by atoms with E-state index in [1.165, 1.54) is 13.4 Å². The molecule has 1 heterocycles. The second kappa shape index (κ2) is 5.99. The number of methoxy groups -OCH3 is 1. The molecule has 21 heavy (non-hydrogen) atoms. The molecule has 0 aliphatic carbocycles. The van der Waals surface area contributed by atoms with Crippen LogP contribution in [-0.4, -0.2) is 24.5 Å². The van der Waals surface area contributed by atoms with Crippen LogP contribution in [0.25, 0.3) is 11.0 Å². The highest BCUT2D eigenvalue weighted by atomic mass is 16.5. The molecule has 0 aliphatic heterocycles. The van der Waals surface area contributed by atoms with Crippen molar-refractivity contribution >= 4 is 22.8 Å². The Kier molecular flexibility index (Phi) is 4.31. The Labute approximate surface area is 123 Å². The number of hydrogen-bond donors (Lipinski definition) is 1. The van der Waals surface area contributed by atoms with Gasteiger partial charge >= 0.3 is 5.97 Å². The summed E-state index contributed by atoms with van der Waals surface area (Å²) in [4.78, 5) is 24.4. The fourth-order valence-corrected chi connectivity index (χ4v) is 2.41. The molecule has 0 saturated carbocycles. The number of carbonyl (C=O) groups excluding carboxylic acids is 2. The highest BCUT2D eigenvalue weighted by molar-refractivity contribution is 6.07. The van der Waals surface area contributed by atoms with Crippen molar-refractivity contribution in [3.05, 3.63) is 36.1 Å². The molecule has 0 spiro atoms. The Bertz CT molecular complexity index is 661. The third kappa shape index (κ3) is 2.91. The summed E-state index contributed by atoms with van der Waals surface area (Å²) in [5, 5.41) is 3.49. The molecule has 1 N–H and O–H groups in total. The van der Waals surface area contributed by atoms with Crippen LogP contribution in [0, 0.1) is 0 Å². The summed E-state index contributed by atoms with van der Waals surface area (Å²) in [6, 6.07) is 7.27. The molecule has 1 aromatic carbocycles. The molecule has 5 nitrogen and oxygen atoms in total. The van der Waals surface area contributed by atoms with E-state index in [9.17, 15) is 9.59 Å². The van der Waals surface area contributed by atoms with E-state index in [0.717, 1.165) is 11.8 Å². The quantitative estimate of drug-likeness (QED) is 0.859. The molecule has 2 rings (SSSR count). The van der Waals surface area contributed by atoms with Crippen molar-refractivity contribution in [1.82, 2.24) is 5.32 Å². The molecule has 1 aromatic heterocycles. The highest BCUT2D eigenvalue weighted by Gasteiger charge is 2.35. The predicted octanol–water partition coefficient (Wildman–Crippen LogP) is 2.89. The minimum absolute atomic E-state index is 0.346. The Balaban J connectivity index is 2.29. The Morgan fingerprint density at radius 2 is 2.05 bits per heavy atom. The Morgan fingerprint density at radius 1 is 1.33 bits per heavy atom. The largest absolute Gasteiger partial charge is 0.467 e. The van der Waals surface area contributed by atoms with Crippen molar-refractivity contribution in [2.24, 2.45) is 0 Å². The van der Waals surface area contributed by atoms with E-state index in [-0.39, 0.29) is 5.91 Å². The van der Waals surface area contributed by atoms with Crippen LogP contribution in [0.3, 0.4) is 0 Å². The van der Waals surface area contributed by atoms with Crippen LogP contribution in [0.4, 0.5) is 0 Å². The SMILES string of the molecule is CCCC(C)(NC(=O)c1coc2ccccc12)C(=O)OC. The molecule has 0 bridgehead atoms. The minimum atomic E-state index is -1.04. The van der Waals surface area contributed by atoms with Crippen molar-refractivity contribution < 1.29 is 18.7 Å². The monoisotopic (exact) mass is 289 g/mol. The van der Waals surface area contributed by atoms with E-state index in [0.29, 0.717) is 17.6 Å². The van der Waals surface area contributed by atoms with Gasteiger partial charge in [-0.3, -0.25) is 4.79 Å². The fraction of sp³-hybridized carbons (Fsp3) is 0.375. The van der Waals surface area contributed by atoms with E-state index >= 15 is 0 Å². The normalized spacial score (nSPS) is 13.7. The highest BCUT2D eigenvalue weighted by Crippen LogP contribution is 2.22. The maximum Gasteiger partial charge on any atom is 0.331 e. The van der Waals surface area contributed by atoms with Crippen molar-refractivity contribution in [2.75, 3.05) is 7.11 Å². The van der Waals surface area contributed by atoms with Gasteiger partial charge in [-0.15, -0.1) is 0 Å². The standard InChI is InChI=1S/C16H19NO4/c1-4-9-16(2,15(19)20-3)17-14(18)12-10-21-13-8-6-5-7-11(12)13/h5-8,10H,4,9H2,1-3H3,(H,17,18). The van der Waals surface area contributed by atoms with Gasteiger partial charge in [-0.25, -0.2) is 4.79 Å². The first-order valence-corrected chi connectivity index (χ1v) is 6.89. The molecule has 1 amide bonds. The number of furan rings is 1. The van der Waals surface area contributed by atoms with Gasteiger partial charge in [0.05, 0.1) is 12.7 Å². The molecule has 1 atom stereocenters. The Morgan fingerprint density at radius 3 is 2.71 bits per heavy atom. The number of carbonyl (C=O) groups is 2. The van der Waals surface area contributed by atoms with E-state index in [4.69, 9.17) is 9.15 Å². The van der Waals surface area contributed by atoms with Gasteiger partial charge in [-0.05, 0) is 19.4 Å². The van der Waals surface area contributed by atoms with E-state index in [1.807, 2.05) is 25.1 Å². The lowest BCUT2D eigenvalue weighted by Crippen LogP contribution is -2.52. The molecule has 1 unspecified atom stereocenters. The van der Waals surface area contributed by atoms with Crippen LogP contribution in [0.15, 0.2) is 34.9 Å². The summed E-state index contributed by atoms with van der Waals surface area (Å²) in [5.74, 6) is -0.799. The molecule has 0 aliphatic rings. The summed E-state index contributed by atoms with van der Waals surface area (Å²) in [6.07, 6.45) is 2.66. The van der Waals surface area contributed by atoms with Gasteiger partial charge in [-0.1, -0.05) is 31.5 Å². The van der Waals surface area contributed by atoms with Crippen LogP contribution in [0.5, 0.6) is 0 Å². The summed E-state index contributed by atoms with van der Waals surface area (Å²) in [6.45, 7) is 3.61. The zero-order valence-electron chi connectivity index (χ0n) is 12.4. The molecule has 0 saturated heterocycles. The number of ether oxygens (including phenoxy) is 1. The van der Waals surface area contributed by atoms with Crippen molar-refractivity contribution in [1.29, 1.82) is 0 Å². The average molecular weight is 289 g/mol. The number of fused-ring (bicyclic) bond motifs is 1. The van der Waals surface area contributed by atoms with Crippen molar-refractivity contribution in [3.63, 3.8) is 0 Å². The zero-order valence-corrected chi connectivity index (χ0v) is 12.4. The lowest BCUT2D eigenvalue weighted by Gasteiger charge is -2.27. The van der Waals surface area contributed by atoms with Crippen LogP contribution in [0.2, 0.25) is 0 Å². The molecule has 0 fully saturated rings. The van der Waals surface area contributed by atoms with Crippen molar-refractivity contribution in [3.8, 4) is 0 Å². The minimum Gasteiger partial charge on any atom is -0.467 e. The van der Waals surface area contributed by atoms with Crippen LogP contribution >= 0.6 is 0 Å². The van der Waals surface area contributed by atoms with Gasteiger partial charge in [0.2, 0.25) is 0 Å². The summed E-state index contributed by atoms with van der Waals surface area (Å²) < 4.78 is 10.2. The number of amides is 1. The maximum atomic E-state index is 12.5. The third-order valence-electron chi connectivity index (χ3n) is 3.50. The van der Waals surface area contributed by atoms with Gasteiger partial charge in [0.25, 0.3) is 5.91 Å². The molecule has 0 radical (unpaired) electrons. The number of hydrogen-bond acceptors (Lipinski definition) is 4. The zero-order chi connectivity index (χ0) is 15.5. The van der Waals surface area contributed by atoms with Gasteiger partial charge < -0.3 is 14.5 Å². The van der Waals surface area contributed by atoms with Crippen LogP contribution < -0.4 is 5.32 Å². The van der Waals surface area contributed by atoms with Gasteiger partial charge in [0.1, 0.15) is 17.4 Å². The topological polar surface area (TPSA) is 68.5 Å². The van der Waals surface area contributed by atoms with Gasteiger partial charge in [0.15, 0.2) is 0 Å². The first kappa shape index (κ1) is 15.1. The lowest BCUT2D eigenvalue weighted by atomic mass is 9.95. The average Bonchev–Trinajstić information content (AvgIpc) is 2.90. The van der Waals surface area contributed by atoms with Crippen molar-refractivity contribution in [2.45, 2.75) is 32.2 Å². The molecular formula is C16H19NO4.